The molecular formula is C16H22BrN3. The maximum atomic E-state index is 9.11. The molecule has 1 aliphatic rings. The number of nitrogens with zero attached hydrogens (tertiary/aromatic N) is 1. The smallest absolute Gasteiger partial charge is 0.0992 e. The topological polar surface area (TPSA) is 47.9 Å². The van der Waals surface area contributed by atoms with Crippen LogP contribution in [0.5, 0.6) is 0 Å². The first-order valence-electron chi connectivity index (χ1n) is 7.44. The maximum Gasteiger partial charge on any atom is 0.0992 e. The van der Waals surface area contributed by atoms with Crippen LogP contribution in [-0.4, -0.2) is 12.6 Å². The molecule has 108 valence electrons. The summed E-state index contributed by atoms with van der Waals surface area (Å²) in [6, 6.07) is 6.72. The van der Waals surface area contributed by atoms with Crippen LogP contribution in [0.1, 0.15) is 50.2 Å². The van der Waals surface area contributed by atoms with Gasteiger partial charge in [-0.3, -0.25) is 0 Å². The Kier molecular flexibility index (Phi) is 5.87. The molecule has 0 radical (unpaired) electrons. The van der Waals surface area contributed by atoms with Gasteiger partial charge in [0.25, 0.3) is 0 Å². The molecule has 0 aromatic heterocycles. The lowest BCUT2D eigenvalue weighted by Crippen LogP contribution is -2.30. The molecule has 2 N–H and O–H groups in total. The van der Waals surface area contributed by atoms with Gasteiger partial charge in [0.05, 0.1) is 17.3 Å². The monoisotopic (exact) mass is 335 g/mol. The second kappa shape index (κ2) is 7.66. The summed E-state index contributed by atoms with van der Waals surface area (Å²) < 4.78 is 0.971. The zero-order valence-electron chi connectivity index (χ0n) is 12.0. The number of benzene rings is 1. The van der Waals surface area contributed by atoms with Gasteiger partial charge < -0.3 is 10.6 Å². The fraction of sp³-hybridized carbons (Fsp3) is 0.562. The van der Waals surface area contributed by atoms with Gasteiger partial charge in [-0.2, -0.15) is 5.26 Å². The fourth-order valence-electron chi connectivity index (χ4n) is 2.80. The van der Waals surface area contributed by atoms with E-state index in [2.05, 4.69) is 39.6 Å². The molecule has 20 heavy (non-hydrogen) atoms. The lowest BCUT2D eigenvalue weighted by atomic mass is 9.95. The van der Waals surface area contributed by atoms with Gasteiger partial charge in [0, 0.05) is 23.6 Å². The minimum atomic E-state index is 0.628. The second-order valence-electron chi connectivity index (χ2n) is 5.35. The molecular weight excluding hydrogens is 314 g/mol. The van der Waals surface area contributed by atoms with E-state index in [-0.39, 0.29) is 0 Å². The molecule has 1 aromatic carbocycles. The van der Waals surface area contributed by atoms with Crippen molar-refractivity contribution in [3.8, 4) is 6.07 Å². The van der Waals surface area contributed by atoms with Gasteiger partial charge in [0.15, 0.2) is 0 Å². The molecule has 0 atom stereocenters. The van der Waals surface area contributed by atoms with Gasteiger partial charge in [0.2, 0.25) is 0 Å². The molecule has 0 spiro atoms. The quantitative estimate of drug-likeness (QED) is 0.848. The van der Waals surface area contributed by atoms with E-state index in [1.54, 1.807) is 0 Å². The van der Waals surface area contributed by atoms with Crippen molar-refractivity contribution in [1.29, 1.82) is 5.26 Å². The number of halogens is 1. The summed E-state index contributed by atoms with van der Waals surface area (Å²) in [5, 5.41) is 16.1. The van der Waals surface area contributed by atoms with Gasteiger partial charge in [-0.1, -0.05) is 19.3 Å². The second-order valence-corrected chi connectivity index (χ2v) is 6.20. The SMILES string of the molecule is CCNc1c(Br)cc(C#N)cc1CNC1CCCCC1. The van der Waals surface area contributed by atoms with Crippen molar-refractivity contribution in [2.45, 2.75) is 51.6 Å². The lowest BCUT2D eigenvalue weighted by Gasteiger charge is -2.24. The van der Waals surface area contributed by atoms with Crippen molar-refractivity contribution in [3.63, 3.8) is 0 Å². The zero-order valence-corrected chi connectivity index (χ0v) is 13.6. The van der Waals surface area contributed by atoms with Crippen LogP contribution in [0.3, 0.4) is 0 Å². The van der Waals surface area contributed by atoms with Crippen LogP contribution in [-0.2, 0) is 6.54 Å². The Bertz CT molecular complexity index is 487. The third-order valence-electron chi connectivity index (χ3n) is 3.84. The molecule has 1 aromatic rings. The normalized spacial score (nSPS) is 15.8. The maximum absolute atomic E-state index is 9.11. The number of anilines is 1. The van der Waals surface area contributed by atoms with Gasteiger partial charge in [-0.05, 0) is 53.4 Å². The highest BCUT2D eigenvalue weighted by atomic mass is 79.9. The summed E-state index contributed by atoms with van der Waals surface area (Å²) in [7, 11) is 0. The fourth-order valence-corrected chi connectivity index (χ4v) is 3.44. The summed E-state index contributed by atoms with van der Waals surface area (Å²) in [5.41, 5.74) is 2.98. The Labute approximate surface area is 129 Å². The number of nitrogens with one attached hydrogen (secondary N) is 2. The molecule has 0 amide bonds. The Morgan fingerprint density at radius 3 is 2.70 bits per heavy atom. The van der Waals surface area contributed by atoms with Gasteiger partial charge in [-0.25, -0.2) is 0 Å². The highest BCUT2D eigenvalue weighted by Crippen LogP contribution is 2.29. The highest BCUT2D eigenvalue weighted by Gasteiger charge is 2.14. The Morgan fingerprint density at radius 2 is 2.05 bits per heavy atom. The predicted octanol–water partition coefficient (Wildman–Crippen LogP) is 4.17. The van der Waals surface area contributed by atoms with Crippen molar-refractivity contribution >= 4 is 21.6 Å². The summed E-state index contributed by atoms with van der Waals surface area (Å²) in [4.78, 5) is 0. The average Bonchev–Trinajstić information content (AvgIpc) is 2.48. The van der Waals surface area contributed by atoms with Crippen molar-refractivity contribution in [2.75, 3.05) is 11.9 Å². The molecule has 1 saturated carbocycles. The van der Waals surface area contributed by atoms with E-state index in [0.29, 0.717) is 11.6 Å². The predicted molar refractivity (Wildman–Crippen MR) is 86.7 cm³/mol. The van der Waals surface area contributed by atoms with Gasteiger partial charge in [-0.15, -0.1) is 0 Å². The molecule has 0 unspecified atom stereocenters. The first kappa shape index (κ1) is 15.3. The van der Waals surface area contributed by atoms with Crippen molar-refractivity contribution in [1.82, 2.24) is 5.32 Å². The van der Waals surface area contributed by atoms with Gasteiger partial charge in [0.1, 0.15) is 0 Å². The van der Waals surface area contributed by atoms with Crippen molar-refractivity contribution in [2.24, 2.45) is 0 Å². The Hall–Kier alpha value is -1.05. The molecule has 3 nitrogen and oxygen atoms in total. The summed E-state index contributed by atoms with van der Waals surface area (Å²) in [6.45, 7) is 3.78. The average molecular weight is 336 g/mol. The Morgan fingerprint density at radius 1 is 1.30 bits per heavy atom. The van der Waals surface area contributed by atoms with Crippen LogP contribution in [0.4, 0.5) is 5.69 Å². The molecule has 1 fully saturated rings. The number of hydrogen-bond donors (Lipinski definition) is 2. The molecule has 0 saturated heterocycles. The summed E-state index contributed by atoms with van der Waals surface area (Å²) in [6.07, 6.45) is 6.58. The molecule has 1 aliphatic carbocycles. The molecule has 0 bridgehead atoms. The lowest BCUT2D eigenvalue weighted by molar-refractivity contribution is 0.372. The first-order chi connectivity index (χ1) is 9.74. The van der Waals surface area contributed by atoms with Crippen molar-refractivity contribution < 1.29 is 0 Å². The van der Waals surface area contributed by atoms with E-state index in [9.17, 15) is 0 Å². The Balaban J connectivity index is 2.11. The van der Waals surface area contributed by atoms with Crippen LogP contribution >= 0.6 is 15.9 Å². The third kappa shape index (κ3) is 3.97. The molecule has 0 aliphatic heterocycles. The summed E-state index contributed by atoms with van der Waals surface area (Å²) in [5.74, 6) is 0. The third-order valence-corrected chi connectivity index (χ3v) is 4.47. The molecule has 0 heterocycles. The highest BCUT2D eigenvalue weighted by molar-refractivity contribution is 9.10. The van der Waals surface area contributed by atoms with Crippen LogP contribution < -0.4 is 10.6 Å². The van der Waals surface area contributed by atoms with Crippen LogP contribution in [0.2, 0.25) is 0 Å². The standard InChI is InChI=1S/C16H22BrN3/c1-2-19-16-13(8-12(10-18)9-15(16)17)11-20-14-6-4-3-5-7-14/h8-9,14,19-20H,2-7,11H2,1H3. The van der Waals surface area contributed by atoms with E-state index in [4.69, 9.17) is 5.26 Å². The number of hydrogen-bond acceptors (Lipinski definition) is 3. The molecule has 2 rings (SSSR count). The van der Waals surface area contributed by atoms with Crippen LogP contribution in [0.15, 0.2) is 16.6 Å². The van der Waals surface area contributed by atoms with Crippen LogP contribution in [0, 0.1) is 11.3 Å². The molecule has 4 heteroatoms. The summed E-state index contributed by atoms with van der Waals surface area (Å²) >= 11 is 3.56. The van der Waals surface area contributed by atoms with Crippen LogP contribution in [0.25, 0.3) is 0 Å². The van der Waals surface area contributed by atoms with E-state index in [0.717, 1.165) is 23.2 Å². The minimum Gasteiger partial charge on any atom is -0.384 e. The van der Waals surface area contributed by atoms with E-state index >= 15 is 0 Å². The zero-order chi connectivity index (χ0) is 14.4. The largest absolute Gasteiger partial charge is 0.384 e. The van der Waals surface area contributed by atoms with E-state index < -0.39 is 0 Å². The first-order valence-corrected chi connectivity index (χ1v) is 8.23. The number of nitriles is 1. The minimum absolute atomic E-state index is 0.628. The van der Waals surface area contributed by atoms with E-state index in [1.807, 2.05) is 12.1 Å². The van der Waals surface area contributed by atoms with Gasteiger partial charge >= 0.3 is 0 Å². The number of rotatable bonds is 5. The van der Waals surface area contributed by atoms with Crippen molar-refractivity contribution in [3.05, 3.63) is 27.7 Å². The van der Waals surface area contributed by atoms with E-state index in [1.165, 1.54) is 37.7 Å².